The maximum absolute atomic E-state index is 12.6. The van der Waals surface area contributed by atoms with Gasteiger partial charge in [-0.3, -0.25) is 19.4 Å². The molecule has 1 aliphatic rings. The molecule has 2 N–H and O–H groups in total. The summed E-state index contributed by atoms with van der Waals surface area (Å²) >= 11 is 0. The first kappa shape index (κ1) is 22.3. The van der Waals surface area contributed by atoms with E-state index >= 15 is 0 Å². The van der Waals surface area contributed by atoms with Crippen molar-refractivity contribution in [2.75, 3.05) is 39.3 Å². The molecule has 0 bridgehead atoms. The van der Waals surface area contributed by atoms with Gasteiger partial charge in [0.25, 0.3) is 0 Å². The zero-order chi connectivity index (χ0) is 21.7. The Hall–Kier alpha value is -2.38. The second-order valence-electron chi connectivity index (χ2n) is 9.18. The first-order chi connectivity index (χ1) is 14.2. The average molecular weight is 415 g/mol. The number of carbonyl (C=O) groups is 2. The lowest BCUT2D eigenvalue weighted by Gasteiger charge is -2.25. The molecule has 1 aromatic carbocycles. The van der Waals surface area contributed by atoms with Gasteiger partial charge in [0.15, 0.2) is 0 Å². The maximum Gasteiger partial charge on any atom is 0.234 e. The highest BCUT2D eigenvalue weighted by molar-refractivity contribution is 5.80. The zero-order valence-electron chi connectivity index (χ0n) is 18.5. The molecule has 3 rings (SSSR count). The lowest BCUT2D eigenvalue weighted by atomic mass is 10.1. The van der Waals surface area contributed by atoms with Crippen molar-refractivity contribution < 1.29 is 14.0 Å². The van der Waals surface area contributed by atoms with E-state index in [0.717, 1.165) is 49.3 Å². The Morgan fingerprint density at radius 3 is 2.30 bits per heavy atom. The number of hydrogen-bond acceptors (Lipinski definition) is 5. The molecule has 0 radical (unpaired) electrons. The SMILES string of the molecule is CC(NC(=O)CN1CCCN(CC(=O)NC(C)(C)C)CC1)c1cc2ccccc2o1. The summed E-state index contributed by atoms with van der Waals surface area (Å²) in [4.78, 5) is 29.1. The van der Waals surface area contributed by atoms with E-state index in [-0.39, 0.29) is 23.4 Å². The smallest absolute Gasteiger partial charge is 0.234 e. The fourth-order valence-electron chi connectivity index (χ4n) is 3.78. The summed E-state index contributed by atoms with van der Waals surface area (Å²) in [6, 6.07) is 9.63. The van der Waals surface area contributed by atoms with Crippen molar-refractivity contribution in [2.45, 2.75) is 45.7 Å². The molecule has 2 amide bonds. The average Bonchev–Trinajstić information content (AvgIpc) is 2.97. The van der Waals surface area contributed by atoms with Gasteiger partial charge >= 0.3 is 0 Å². The quantitative estimate of drug-likeness (QED) is 0.760. The summed E-state index contributed by atoms with van der Waals surface area (Å²) in [6.07, 6.45) is 0.940. The van der Waals surface area contributed by atoms with Gasteiger partial charge < -0.3 is 15.1 Å². The Morgan fingerprint density at radius 2 is 1.67 bits per heavy atom. The molecule has 164 valence electrons. The highest BCUT2D eigenvalue weighted by Gasteiger charge is 2.22. The van der Waals surface area contributed by atoms with Gasteiger partial charge in [0.1, 0.15) is 11.3 Å². The molecule has 0 saturated carbocycles. The number of hydrogen-bond donors (Lipinski definition) is 2. The summed E-state index contributed by atoms with van der Waals surface area (Å²) in [5.74, 6) is 0.798. The summed E-state index contributed by atoms with van der Waals surface area (Å²) in [6.45, 7) is 11.9. The molecule has 1 atom stereocenters. The first-order valence-electron chi connectivity index (χ1n) is 10.7. The number of benzene rings is 1. The molecular formula is C23H34N4O3. The Morgan fingerprint density at radius 1 is 1.03 bits per heavy atom. The summed E-state index contributed by atoms with van der Waals surface area (Å²) in [5, 5.41) is 7.09. The van der Waals surface area contributed by atoms with E-state index in [1.165, 1.54) is 0 Å². The van der Waals surface area contributed by atoms with Crippen LogP contribution >= 0.6 is 0 Å². The van der Waals surface area contributed by atoms with Crippen molar-refractivity contribution in [3.8, 4) is 0 Å². The van der Waals surface area contributed by atoms with Gasteiger partial charge in [0, 0.05) is 24.0 Å². The third-order valence-electron chi connectivity index (χ3n) is 5.18. The van der Waals surface area contributed by atoms with Crippen LogP contribution < -0.4 is 10.6 Å². The van der Waals surface area contributed by atoms with Gasteiger partial charge in [-0.2, -0.15) is 0 Å². The van der Waals surface area contributed by atoms with Gasteiger partial charge in [-0.1, -0.05) is 18.2 Å². The van der Waals surface area contributed by atoms with E-state index in [1.54, 1.807) is 0 Å². The van der Waals surface area contributed by atoms with Crippen LogP contribution in [0.4, 0.5) is 0 Å². The predicted octanol–water partition coefficient (Wildman–Crippen LogP) is 2.53. The first-order valence-corrected chi connectivity index (χ1v) is 10.7. The van der Waals surface area contributed by atoms with Crippen LogP contribution in [0.2, 0.25) is 0 Å². The summed E-state index contributed by atoms with van der Waals surface area (Å²) < 4.78 is 5.85. The molecule has 1 saturated heterocycles. The normalized spacial score (nSPS) is 17.5. The van der Waals surface area contributed by atoms with Crippen molar-refractivity contribution >= 4 is 22.8 Å². The van der Waals surface area contributed by atoms with E-state index in [0.29, 0.717) is 13.1 Å². The molecule has 1 unspecified atom stereocenters. The van der Waals surface area contributed by atoms with Crippen LogP contribution in [0.15, 0.2) is 34.7 Å². The highest BCUT2D eigenvalue weighted by atomic mass is 16.3. The number of furan rings is 1. The molecule has 7 heteroatoms. The molecule has 1 aliphatic heterocycles. The number of rotatable bonds is 6. The zero-order valence-corrected chi connectivity index (χ0v) is 18.5. The third-order valence-corrected chi connectivity index (χ3v) is 5.18. The number of fused-ring (bicyclic) bond motifs is 1. The van der Waals surface area contributed by atoms with Crippen LogP contribution in [0.25, 0.3) is 11.0 Å². The summed E-state index contributed by atoms with van der Waals surface area (Å²) in [7, 11) is 0. The van der Waals surface area contributed by atoms with Gasteiger partial charge in [-0.15, -0.1) is 0 Å². The van der Waals surface area contributed by atoms with Crippen LogP contribution in [-0.4, -0.2) is 66.4 Å². The maximum atomic E-state index is 12.6. The van der Waals surface area contributed by atoms with Crippen LogP contribution in [0.3, 0.4) is 0 Å². The molecule has 1 fully saturated rings. The second-order valence-corrected chi connectivity index (χ2v) is 9.18. The molecule has 0 spiro atoms. The van der Waals surface area contributed by atoms with Crippen molar-refractivity contribution in [1.82, 2.24) is 20.4 Å². The largest absolute Gasteiger partial charge is 0.459 e. The minimum Gasteiger partial charge on any atom is -0.459 e. The van der Waals surface area contributed by atoms with E-state index in [4.69, 9.17) is 4.42 Å². The topological polar surface area (TPSA) is 77.8 Å². The van der Waals surface area contributed by atoms with E-state index in [9.17, 15) is 9.59 Å². The van der Waals surface area contributed by atoms with Crippen molar-refractivity contribution in [2.24, 2.45) is 0 Å². The van der Waals surface area contributed by atoms with Gasteiger partial charge in [-0.25, -0.2) is 0 Å². The molecule has 2 aromatic rings. The van der Waals surface area contributed by atoms with Crippen LogP contribution in [0.5, 0.6) is 0 Å². The molecule has 30 heavy (non-hydrogen) atoms. The van der Waals surface area contributed by atoms with Crippen LogP contribution in [0.1, 0.15) is 45.9 Å². The Balaban J connectivity index is 1.45. The van der Waals surface area contributed by atoms with Crippen molar-refractivity contribution in [1.29, 1.82) is 0 Å². The van der Waals surface area contributed by atoms with Crippen LogP contribution in [-0.2, 0) is 9.59 Å². The van der Waals surface area contributed by atoms with E-state index < -0.39 is 0 Å². The number of amides is 2. The van der Waals surface area contributed by atoms with Gasteiger partial charge in [-0.05, 0) is 59.3 Å². The van der Waals surface area contributed by atoms with Crippen molar-refractivity contribution in [3.05, 3.63) is 36.1 Å². The van der Waals surface area contributed by atoms with E-state index in [1.807, 2.05) is 58.0 Å². The fraction of sp³-hybridized carbons (Fsp3) is 0.565. The minimum atomic E-state index is -0.219. The fourth-order valence-corrected chi connectivity index (χ4v) is 3.78. The number of para-hydroxylation sites is 1. The molecule has 1 aromatic heterocycles. The second kappa shape index (κ2) is 9.62. The highest BCUT2D eigenvalue weighted by Crippen LogP contribution is 2.23. The number of nitrogens with zero attached hydrogens (tertiary/aromatic N) is 2. The van der Waals surface area contributed by atoms with Gasteiger partial charge in [0.2, 0.25) is 11.8 Å². The van der Waals surface area contributed by atoms with Gasteiger partial charge in [0.05, 0.1) is 19.1 Å². The third kappa shape index (κ3) is 6.57. The van der Waals surface area contributed by atoms with Crippen molar-refractivity contribution in [3.63, 3.8) is 0 Å². The number of carbonyl (C=O) groups excluding carboxylic acids is 2. The Kier molecular flexibility index (Phi) is 7.15. The summed E-state index contributed by atoms with van der Waals surface area (Å²) in [5.41, 5.74) is 0.612. The number of nitrogens with one attached hydrogen (secondary N) is 2. The Labute approximate surface area is 178 Å². The van der Waals surface area contributed by atoms with E-state index in [2.05, 4.69) is 20.4 Å². The molecule has 7 nitrogen and oxygen atoms in total. The van der Waals surface area contributed by atoms with Crippen LogP contribution in [0, 0.1) is 0 Å². The lowest BCUT2D eigenvalue weighted by Crippen LogP contribution is -2.46. The lowest BCUT2D eigenvalue weighted by molar-refractivity contribution is -0.124. The Bertz CT molecular complexity index is 838. The molecular weight excluding hydrogens is 380 g/mol. The molecule has 2 heterocycles. The standard InChI is InChI=1S/C23H34N4O3/c1-17(20-14-18-8-5-6-9-19(18)30-20)24-21(28)15-26-10-7-11-27(13-12-26)16-22(29)25-23(2,3)4/h5-6,8-9,14,17H,7,10-13,15-16H2,1-4H3,(H,24,28)(H,25,29). The minimum absolute atomic E-state index is 0.0121. The monoisotopic (exact) mass is 414 g/mol. The molecule has 0 aliphatic carbocycles. The predicted molar refractivity (Wildman–Crippen MR) is 118 cm³/mol.